The van der Waals surface area contributed by atoms with Crippen LogP contribution in [0.5, 0.6) is 0 Å². The van der Waals surface area contributed by atoms with Crippen LogP contribution in [0.4, 0.5) is 0 Å². The quantitative estimate of drug-likeness (QED) is 0.440. The number of fused-ring (bicyclic) bond motifs is 4. The molecule has 0 saturated heterocycles. The van der Waals surface area contributed by atoms with Crippen molar-refractivity contribution in [2.75, 3.05) is 0 Å². The molecule has 0 aliphatic carbocycles. The zero-order valence-corrected chi connectivity index (χ0v) is 8.03. The van der Waals surface area contributed by atoms with Crippen LogP contribution in [0.2, 0.25) is 0 Å². The van der Waals surface area contributed by atoms with E-state index in [1.54, 1.807) is 0 Å². The van der Waals surface area contributed by atoms with Crippen LogP contribution in [0, 0.1) is 0 Å². The van der Waals surface area contributed by atoms with Crippen LogP contribution in [0.1, 0.15) is 0 Å². The highest BCUT2D eigenvalue weighted by Crippen LogP contribution is 2.23. The van der Waals surface area contributed by atoms with Gasteiger partial charge in [0.1, 0.15) is 5.58 Å². The minimum Gasteiger partial charge on any atom is -0.436 e. The molecule has 0 atom stereocenters. The van der Waals surface area contributed by atoms with Crippen LogP contribution >= 0.6 is 0 Å². The zero-order chi connectivity index (χ0) is 10.5. The summed E-state index contributed by atoms with van der Waals surface area (Å²) >= 11 is 0. The van der Waals surface area contributed by atoms with Gasteiger partial charge in [0.2, 0.25) is 11.4 Å². The lowest BCUT2D eigenvalue weighted by Crippen LogP contribution is -1.84. The van der Waals surface area contributed by atoms with E-state index in [0.29, 0.717) is 11.4 Å². The summed E-state index contributed by atoms with van der Waals surface area (Å²) in [5, 5.41) is 17.1. The Morgan fingerprint density at radius 1 is 1.19 bits per heavy atom. The minimum atomic E-state index is 0.524. The number of hydrogen-bond donors (Lipinski definition) is 0. The standard InChI is InChI=1S/C10H5N5O/c1-2-4-8-6(3-1)5-7-9-11-13-14-15(9)12-10(7)16-8/h1-5H. The molecule has 0 aliphatic rings. The molecule has 0 radical (unpaired) electrons. The highest BCUT2D eigenvalue weighted by molar-refractivity contribution is 5.95. The topological polar surface area (TPSA) is 69.1 Å². The summed E-state index contributed by atoms with van der Waals surface area (Å²) in [6, 6.07) is 9.74. The molecule has 4 aromatic rings. The fraction of sp³-hybridized carbons (Fsp3) is 0. The second-order valence-corrected chi connectivity index (χ2v) is 3.49. The predicted molar refractivity (Wildman–Crippen MR) is 55.9 cm³/mol. The van der Waals surface area contributed by atoms with Gasteiger partial charge in [0.25, 0.3) is 0 Å². The van der Waals surface area contributed by atoms with E-state index in [2.05, 4.69) is 20.6 Å². The molecule has 6 nitrogen and oxygen atoms in total. The molecular formula is C10H5N5O. The van der Waals surface area contributed by atoms with Gasteiger partial charge in [0.05, 0.1) is 5.39 Å². The van der Waals surface area contributed by atoms with Crippen LogP contribution in [0.25, 0.3) is 27.7 Å². The van der Waals surface area contributed by atoms with Crippen molar-refractivity contribution in [3.63, 3.8) is 0 Å². The predicted octanol–water partition coefficient (Wildman–Crippen LogP) is 1.42. The first-order valence-corrected chi connectivity index (χ1v) is 4.78. The van der Waals surface area contributed by atoms with E-state index >= 15 is 0 Å². The largest absolute Gasteiger partial charge is 0.436 e. The lowest BCUT2D eigenvalue weighted by molar-refractivity contribution is 0.626. The first kappa shape index (κ1) is 7.75. The van der Waals surface area contributed by atoms with E-state index in [1.165, 1.54) is 4.63 Å². The van der Waals surface area contributed by atoms with Crippen LogP contribution in [0.15, 0.2) is 34.7 Å². The van der Waals surface area contributed by atoms with E-state index in [-0.39, 0.29) is 0 Å². The normalized spacial score (nSPS) is 11.8. The minimum absolute atomic E-state index is 0.524. The molecule has 4 rings (SSSR count). The molecule has 0 saturated carbocycles. The Morgan fingerprint density at radius 2 is 2.12 bits per heavy atom. The molecule has 3 aromatic heterocycles. The lowest BCUT2D eigenvalue weighted by atomic mass is 10.2. The summed E-state index contributed by atoms with van der Waals surface area (Å²) < 4.78 is 7.02. The summed E-state index contributed by atoms with van der Waals surface area (Å²) in [5.41, 5.74) is 1.93. The van der Waals surface area contributed by atoms with Crippen molar-refractivity contribution in [1.29, 1.82) is 0 Å². The van der Waals surface area contributed by atoms with E-state index < -0.39 is 0 Å². The van der Waals surface area contributed by atoms with Crippen LogP contribution in [-0.2, 0) is 0 Å². The molecule has 0 aliphatic heterocycles. The number of hydrogen-bond acceptors (Lipinski definition) is 5. The Kier molecular flexibility index (Phi) is 1.23. The monoisotopic (exact) mass is 211 g/mol. The van der Waals surface area contributed by atoms with Crippen molar-refractivity contribution in [2.45, 2.75) is 0 Å². The molecule has 16 heavy (non-hydrogen) atoms. The number of rotatable bonds is 0. The summed E-state index contributed by atoms with van der Waals surface area (Å²) in [6.45, 7) is 0. The molecular weight excluding hydrogens is 206 g/mol. The third kappa shape index (κ3) is 0.855. The van der Waals surface area contributed by atoms with Gasteiger partial charge in [-0.3, -0.25) is 0 Å². The van der Waals surface area contributed by atoms with Gasteiger partial charge in [-0.05, 0) is 22.6 Å². The van der Waals surface area contributed by atoms with Crippen LogP contribution in [0.3, 0.4) is 0 Å². The van der Waals surface area contributed by atoms with Gasteiger partial charge >= 0.3 is 0 Å². The maximum atomic E-state index is 5.65. The van der Waals surface area contributed by atoms with Crippen LogP contribution in [-0.4, -0.2) is 25.3 Å². The highest BCUT2D eigenvalue weighted by Gasteiger charge is 2.11. The first-order chi connectivity index (χ1) is 7.92. The van der Waals surface area contributed by atoms with Gasteiger partial charge in [-0.25, -0.2) is 0 Å². The summed E-state index contributed by atoms with van der Waals surface area (Å²) in [5.74, 6) is 0. The third-order valence-corrected chi connectivity index (χ3v) is 2.54. The van der Waals surface area contributed by atoms with Gasteiger partial charge in [0.15, 0.2) is 0 Å². The van der Waals surface area contributed by atoms with Crippen molar-refractivity contribution in [3.05, 3.63) is 30.3 Å². The molecule has 0 bridgehead atoms. The summed E-state index contributed by atoms with van der Waals surface area (Å²) in [7, 11) is 0. The van der Waals surface area contributed by atoms with Crippen molar-refractivity contribution >= 4 is 27.7 Å². The molecule has 0 N–H and O–H groups in total. The number of aromatic nitrogens is 5. The van der Waals surface area contributed by atoms with Gasteiger partial charge in [-0.15, -0.1) is 14.8 Å². The molecule has 0 amide bonds. The van der Waals surface area contributed by atoms with E-state index in [0.717, 1.165) is 16.4 Å². The second-order valence-electron chi connectivity index (χ2n) is 3.49. The van der Waals surface area contributed by atoms with Gasteiger partial charge in [-0.1, -0.05) is 18.2 Å². The molecule has 6 heteroatoms. The van der Waals surface area contributed by atoms with E-state index in [1.807, 2.05) is 30.3 Å². The molecule has 1 aromatic carbocycles. The zero-order valence-electron chi connectivity index (χ0n) is 8.03. The first-order valence-electron chi connectivity index (χ1n) is 4.78. The lowest BCUT2D eigenvalue weighted by Gasteiger charge is -1.95. The van der Waals surface area contributed by atoms with E-state index in [4.69, 9.17) is 4.42 Å². The molecule has 0 unspecified atom stereocenters. The maximum absolute atomic E-state index is 5.65. The van der Waals surface area contributed by atoms with Crippen molar-refractivity contribution in [1.82, 2.24) is 25.3 Å². The SMILES string of the molecule is c1ccc2oc3nn4nnnc4c3cc2c1. The van der Waals surface area contributed by atoms with Gasteiger partial charge in [-0.2, -0.15) is 0 Å². The summed E-state index contributed by atoms with van der Waals surface area (Å²) in [4.78, 5) is 0. The van der Waals surface area contributed by atoms with Gasteiger partial charge < -0.3 is 4.42 Å². The molecule has 76 valence electrons. The number of para-hydroxylation sites is 1. The maximum Gasteiger partial charge on any atom is 0.250 e. The van der Waals surface area contributed by atoms with Crippen molar-refractivity contribution in [3.8, 4) is 0 Å². The van der Waals surface area contributed by atoms with Crippen molar-refractivity contribution < 1.29 is 4.42 Å². The average molecular weight is 211 g/mol. The second kappa shape index (κ2) is 2.54. The fourth-order valence-electron chi connectivity index (χ4n) is 1.80. The Morgan fingerprint density at radius 3 is 3.12 bits per heavy atom. The number of nitrogens with zero attached hydrogens (tertiary/aromatic N) is 5. The Balaban J connectivity index is 2.30. The Hall–Kier alpha value is -2.50. The van der Waals surface area contributed by atoms with Crippen LogP contribution < -0.4 is 0 Å². The molecule has 0 fully saturated rings. The van der Waals surface area contributed by atoms with E-state index in [9.17, 15) is 0 Å². The van der Waals surface area contributed by atoms with Gasteiger partial charge in [0, 0.05) is 5.39 Å². The Labute approximate surface area is 88.5 Å². The molecule has 3 heterocycles. The van der Waals surface area contributed by atoms with Crippen molar-refractivity contribution in [2.24, 2.45) is 0 Å². The third-order valence-electron chi connectivity index (χ3n) is 2.54. The molecule has 0 spiro atoms. The number of benzene rings is 1. The Bertz CT molecular complexity index is 815. The average Bonchev–Trinajstić information content (AvgIpc) is 2.86. The highest BCUT2D eigenvalue weighted by atomic mass is 16.3. The smallest absolute Gasteiger partial charge is 0.250 e. The number of tetrazole rings is 1. The summed E-state index contributed by atoms with van der Waals surface area (Å²) in [6.07, 6.45) is 0. The fourth-order valence-corrected chi connectivity index (χ4v) is 1.80.